The second-order valence-corrected chi connectivity index (χ2v) is 6.82. The molecule has 2 aromatic carbocycles. The van der Waals surface area contributed by atoms with Crippen molar-refractivity contribution in [3.8, 4) is 6.07 Å². The number of nitrogens with zero attached hydrogens (tertiary/aromatic N) is 3. The van der Waals surface area contributed by atoms with Crippen LogP contribution >= 0.6 is 23.4 Å². The molecular formula is C18H14ClFN4OS. The van der Waals surface area contributed by atoms with Crippen LogP contribution in [0.4, 0.5) is 10.1 Å². The van der Waals surface area contributed by atoms with Gasteiger partial charge in [-0.05, 0) is 42.5 Å². The van der Waals surface area contributed by atoms with Crippen LogP contribution in [0.25, 0.3) is 11.0 Å². The minimum atomic E-state index is -0.378. The fourth-order valence-electron chi connectivity index (χ4n) is 2.42. The Morgan fingerprint density at radius 2 is 2.08 bits per heavy atom. The third-order valence-corrected chi connectivity index (χ3v) is 4.73. The number of hydrogen-bond acceptors (Lipinski definition) is 4. The summed E-state index contributed by atoms with van der Waals surface area (Å²) < 4.78 is 13.1. The van der Waals surface area contributed by atoms with Gasteiger partial charge in [-0.2, -0.15) is 5.26 Å². The molecule has 0 saturated carbocycles. The van der Waals surface area contributed by atoms with E-state index >= 15 is 0 Å². The molecular weight excluding hydrogens is 375 g/mol. The molecule has 0 aliphatic carbocycles. The summed E-state index contributed by atoms with van der Waals surface area (Å²) in [5.74, 6) is -0.428. The Morgan fingerprint density at radius 1 is 1.31 bits per heavy atom. The van der Waals surface area contributed by atoms with E-state index in [0.717, 1.165) is 11.0 Å². The smallest absolute Gasteiger partial charge is 0.237 e. The average molecular weight is 389 g/mol. The van der Waals surface area contributed by atoms with Crippen molar-refractivity contribution >= 4 is 46.0 Å². The van der Waals surface area contributed by atoms with Gasteiger partial charge in [-0.1, -0.05) is 23.4 Å². The Morgan fingerprint density at radius 3 is 2.81 bits per heavy atom. The predicted molar refractivity (Wildman–Crippen MR) is 101 cm³/mol. The summed E-state index contributed by atoms with van der Waals surface area (Å²) >= 11 is 7.22. The number of thioether (sulfide) groups is 1. The van der Waals surface area contributed by atoms with Crippen molar-refractivity contribution in [1.82, 2.24) is 9.97 Å². The Kier molecular flexibility index (Phi) is 5.76. The Labute approximate surface area is 158 Å². The number of aromatic nitrogens is 2. The third-order valence-electron chi connectivity index (χ3n) is 3.64. The van der Waals surface area contributed by atoms with Crippen molar-refractivity contribution in [1.29, 1.82) is 5.26 Å². The number of carbonyl (C=O) groups excluding carboxylic acids is 1. The standard InChI is InChI=1S/C18H14ClFN4OS/c19-12-2-7-15-16(10-12)23-18(22-15)26-11-17(25)24(9-1-8-21)14-5-3-13(20)4-6-14/h2-7,10H,1,9,11H2,(H,22,23). The summed E-state index contributed by atoms with van der Waals surface area (Å²) in [4.78, 5) is 21.6. The number of aromatic amines is 1. The molecule has 3 aromatic rings. The number of benzene rings is 2. The molecule has 0 bridgehead atoms. The summed E-state index contributed by atoms with van der Waals surface area (Å²) in [7, 11) is 0. The van der Waals surface area contributed by atoms with Crippen molar-refractivity contribution in [2.24, 2.45) is 0 Å². The minimum Gasteiger partial charge on any atom is -0.333 e. The summed E-state index contributed by atoms with van der Waals surface area (Å²) in [5.41, 5.74) is 2.13. The van der Waals surface area contributed by atoms with E-state index in [2.05, 4.69) is 9.97 Å². The van der Waals surface area contributed by atoms with Crippen LogP contribution in [-0.4, -0.2) is 28.2 Å². The molecule has 0 fully saturated rings. The van der Waals surface area contributed by atoms with Crippen molar-refractivity contribution in [2.75, 3.05) is 17.2 Å². The zero-order valence-electron chi connectivity index (χ0n) is 13.6. The Balaban J connectivity index is 1.72. The van der Waals surface area contributed by atoms with E-state index in [1.807, 2.05) is 6.07 Å². The van der Waals surface area contributed by atoms with Crippen LogP contribution < -0.4 is 4.90 Å². The summed E-state index contributed by atoms with van der Waals surface area (Å²) in [6.07, 6.45) is 0.191. The van der Waals surface area contributed by atoms with Gasteiger partial charge in [-0.25, -0.2) is 9.37 Å². The lowest BCUT2D eigenvalue weighted by Gasteiger charge is -2.21. The van der Waals surface area contributed by atoms with Crippen molar-refractivity contribution in [2.45, 2.75) is 11.6 Å². The largest absolute Gasteiger partial charge is 0.333 e. The van der Waals surface area contributed by atoms with Crippen LogP contribution in [0.2, 0.25) is 5.02 Å². The van der Waals surface area contributed by atoms with Gasteiger partial charge in [-0.3, -0.25) is 4.79 Å². The number of nitrogens with one attached hydrogen (secondary N) is 1. The zero-order chi connectivity index (χ0) is 18.5. The molecule has 0 radical (unpaired) electrons. The van der Waals surface area contributed by atoms with Gasteiger partial charge in [0.2, 0.25) is 5.91 Å². The first-order valence-corrected chi connectivity index (χ1v) is 9.14. The van der Waals surface area contributed by atoms with E-state index in [1.165, 1.54) is 40.9 Å². The number of imidazole rings is 1. The first-order chi connectivity index (χ1) is 12.6. The maximum absolute atomic E-state index is 13.1. The van der Waals surface area contributed by atoms with Gasteiger partial charge in [-0.15, -0.1) is 0 Å². The second-order valence-electron chi connectivity index (χ2n) is 5.42. The number of fused-ring (bicyclic) bond motifs is 1. The third kappa shape index (κ3) is 4.34. The van der Waals surface area contributed by atoms with E-state index in [4.69, 9.17) is 16.9 Å². The van der Waals surface area contributed by atoms with Gasteiger partial charge in [0.1, 0.15) is 5.82 Å². The molecule has 0 aliphatic rings. The van der Waals surface area contributed by atoms with Crippen molar-refractivity contribution < 1.29 is 9.18 Å². The normalized spacial score (nSPS) is 10.7. The van der Waals surface area contributed by atoms with Crippen LogP contribution in [-0.2, 0) is 4.79 Å². The number of amides is 1. The van der Waals surface area contributed by atoms with Crippen LogP contribution in [0.15, 0.2) is 47.6 Å². The molecule has 1 heterocycles. The van der Waals surface area contributed by atoms with Gasteiger partial charge < -0.3 is 9.88 Å². The molecule has 26 heavy (non-hydrogen) atoms. The predicted octanol–water partition coefficient (Wildman–Crippen LogP) is 4.39. The van der Waals surface area contributed by atoms with E-state index in [1.54, 1.807) is 18.2 Å². The lowest BCUT2D eigenvalue weighted by atomic mass is 10.2. The van der Waals surface area contributed by atoms with Crippen LogP contribution in [0.5, 0.6) is 0 Å². The molecule has 1 aromatic heterocycles. The molecule has 0 aliphatic heterocycles. The number of carbonyl (C=O) groups is 1. The number of halogens is 2. The molecule has 132 valence electrons. The number of rotatable bonds is 6. The zero-order valence-corrected chi connectivity index (χ0v) is 15.1. The molecule has 8 heteroatoms. The van der Waals surface area contributed by atoms with Crippen molar-refractivity contribution in [3.05, 3.63) is 53.3 Å². The average Bonchev–Trinajstić information content (AvgIpc) is 3.03. The molecule has 0 unspecified atom stereocenters. The highest BCUT2D eigenvalue weighted by Gasteiger charge is 2.17. The first-order valence-electron chi connectivity index (χ1n) is 7.78. The summed E-state index contributed by atoms with van der Waals surface area (Å²) in [5, 5.41) is 10.0. The van der Waals surface area contributed by atoms with Gasteiger partial charge in [0.25, 0.3) is 0 Å². The first kappa shape index (κ1) is 18.2. The topological polar surface area (TPSA) is 72.8 Å². The van der Waals surface area contributed by atoms with Crippen molar-refractivity contribution in [3.63, 3.8) is 0 Å². The molecule has 0 saturated heterocycles. The molecule has 0 spiro atoms. The van der Waals surface area contributed by atoms with Gasteiger partial charge >= 0.3 is 0 Å². The van der Waals surface area contributed by atoms with E-state index in [-0.39, 0.29) is 30.4 Å². The lowest BCUT2D eigenvalue weighted by Crippen LogP contribution is -2.33. The Bertz CT molecular complexity index is 967. The van der Waals surface area contributed by atoms with Crippen LogP contribution in [0.3, 0.4) is 0 Å². The van der Waals surface area contributed by atoms with E-state index in [9.17, 15) is 9.18 Å². The number of anilines is 1. The summed E-state index contributed by atoms with van der Waals surface area (Å²) in [6.45, 7) is 0.247. The molecule has 1 N–H and O–H groups in total. The fourth-order valence-corrected chi connectivity index (χ4v) is 3.35. The van der Waals surface area contributed by atoms with Crippen LogP contribution in [0.1, 0.15) is 6.42 Å². The Hall–Kier alpha value is -2.56. The highest BCUT2D eigenvalue weighted by Crippen LogP contribution is 2.23. The molecule has 3 rings (SSSR count). The lowest BCUT2D eigenvalue weighted by molar-refractivity contribution is -0.116. The molecule has 1 amide bonds. The molecule has 5 nitrogen and oxygen atoms in total. The van der Waals surface area contributed by atoms with Gasteiger partial charge in [0.15, 0.2) is 5.16 Å². The second kappa shape index (κ2) is 8.21. The van der Waals surface area contributed by atoms with E-state index in [0.29, 0.717) is 15.9 Å². The fraction of sp³-hybridized carbons (Fsp3) is 0.167. The quantitative estimate of drug-likeness (QED) is 0.635. The molecule has 0 atom stereocenters. The maximum atomic E-state index is 13.1. The number of H-pyrrole nitrogens is 1. The van der Waals surface area contributed by atoms with Gasteiger partial charge in [0.05, 0.1) is 29.3 Å². The van der Waals surface area contributed by atoms with Gasteiger partial charge in [0, 0.05) is 17.3 Å². The summed E-state index contributed by atoms with van der Waals surface area (Å²) in [6, 6.07) is 13.0. The maximum Gasteiger partial charge on any atom is 0.237 e. The number of hydrogen-bond donors (Lipinski definition) is 1. The van der Waals surface area contributed by atoms with E-state index < -0.39 is 0 Å². The SMILES string of the molecule is N#CCCN(C(=O)CSc1nc2ccc(Cl)cc2[nH]1)c1ccc(F)cc1. The highest BCUT2D eigenvalue weighted by atomic mass is 35.5. The number of nitriles is 1. The monoisotopic (exact) mass is 388 g/mol. The van der Waals surface area contributed by atoms with Crippen LogP contribution in [0, 0.1) is 17.1 Å². The highest BCUT2D eigenvalue weighted by molar-refractivity contribution is 7.99. The minimum absolute atomic E-state index is 0.135.